The number of benzene rings is 1. The van der Waals surface area contributed by atoms with Crippen molar-refractivity contribution < 1.29 is 27.1 Å². The topological polar surface area (TPSA) is 96.0 Å². The molecule has 0 saturated carbocycles. The van der Waals surface area contributed by atoms with Crippen LogP contribution in [-0.2, 0) is 17.5 Å². The zero-order valence-electron chi connectivity index (χ0n) is 18.8. The lowest BCUT2D eigenvalue weighted by molar-refractivity contribution is -0.137. The van der Waals surface area contributed by atoms with Gasteiger partial charge < -0.3 is 15.0 Å². The summed E-state index contributed by atoms with van der Waals surface area (Å²) in [6.45, 7) is 3.50. The highest BCUT2D eigenvalue weighted by Crippen LogP contribution is 2.37. The first-order valence-corrected chi connectivity index (χ1v) is 11.1. The largest absolute Gasteiger partial charge is 0.417 e. The van der Waals surface area contributed by atoms with Crippen LogP contribution in [0, 0.1) is 5.82 Å². The molecule has 1 fully saturated rings. The van der Waals surface area contributed by atoms with Crippen molar-refractivity contribution in [1.29, 1.82) is 0 Å². The number of hydrogen-bond acceptors (Lipinski definition) is 6. The molecule has 1 saturated heterocycles. The van der Waals surface area contributed by atoms with Crippen molar-refractivity contribution in [1.82, 2.24) is 24.8 Å². The summed E-state index contributed by atoms with van der Waals surface area (Å²) in [6.07, 6.45) is -3.46. The van der Waals surface area contributed by atoms with Crippen LogP contribution in [0.4, 0.5) is 23.4 Å². The average molecular weight is 500 g/mol. The van der Waals surface area contributed by atoms with Crippen LogP contribution >= 0.6 is 0 Å². The van der Waals surface area contributed by atoms with Gasteiger partial charge in [-0.1, -0.05) is 6.07 Å². The summed E-state index contributed by atoms with van der Waals surface area (Å²) in [5, 5.41) is 2.72. The average Bonchev–Trinajstić information content (AvgIpc) is 3.28. The first-order chi connectivity index (χ1) is 17.3. The molecule has 5 rings (SSSR count). The van der Waals surface area contributed by atoms with Gasteiger partial charge in [0.25, 0.3) is 5.91 Å². The number of hydrogen-bond donors (Lipinski definition) is 2. The standard InChI is InChI=1S/C24H20F4N6O2/c25-14-4-5-16(18(12-14)24(26,27)28)21-32-20-17(6-7-29-22(20)33-21)23(35)31-19-3-1-2-15(30-19)13-34-8-10-36-11-9-34/h1-7,12H,8-11,13H2,(H,29,32,33)(H,30,31,35). The Kier molecular flexibility index (Phi) is 6.37. The second kappa shape index (κ2) is 9.63. The van der Waals surface area contributed by atoms with Gasteiger partial charge >= 0.3 is 6.18 Å². The van der Waals surface area contributed by atoms with E-state index in [2.05, 4.69) is 30.2 Å². The lowest BCUT2D eigenvalue weighted by atomic mass is 10.1. The monoisotopic (exact) mass is 500 g/mol. The third-order valence-electron chi connectivity index (χ3n) is 5.71. The lowest BCUT2D eigenvalue weighted by Crippen LogP contribution is -2.35. The zero-order chi connectivity index (χ0) is 25.3. The van der Waals surface area contributed by atoms with Crippen LogP contribution < -0.4 is 5.32 Å². The van der Waals surface area contributed by atoms with Gasteiger partial charge in [-0.05, 0) is 36.4 Å². The van der Waals surface area contributed by atoms with Crippen LogP contribution in [0.1, 0.15) is 21.6 Å². The van der Waals surface area contributed by atoms with Crippen LogP contribution in [0.25, 0.3) is 22.6 Å². The number of H-pyrrole nitrogens is 1. The number of amides is 1. The second-order valence-corrected chi connectivity index (χ2v) is 8.19. The van der Waals surface area contributed by atoms with E-state index in [1.807, 2.05) is 6.07 Å². The van der Waals surface area contributed by atoms with Crippen molar-refractivity contribution in [2.75, 3.05) is 31.6 Å². The molecule has 0 spiro atoms. The molecule has 0 atom stereocenters. The fourth-order valence-corrected chi connectivity index (χ4v) is 3.99. The number of fused-ring (bicyclic) bond motifs is 1. The van der Waals surface area contributed by atoms with Gasteiger partial charge in [-0.2, -0.15) is 13.2 Å². The maximum atomic E-state index is 13.5. The van der Waals surface area contributed by atoms with E-state index in [1.165, 1.54) is 12.3 Å². The normalized spacial score (nSPS) is 14.8. The number of pyridine rings is 2. The fourth-order valence-electron chi connectivity index (χ4n) is 3.99. The Balaban J connectivity index is 1.42. The highest BCUT2D eigenvalue weighted by Gasteiger charge is 2.35. The molecular formula is C24H20F4N6O2. The van der Waals surface area contributed by atoms with Crippen LogP contribution in [0.3, 0.4) is 0 Å². The maximum Gasteiger partial charge on any atom is 0.417 e. The molecule has 1 aliphatic rings. The van der Waals surface area contributed by atoms with E-state index in [0.717, 1.165) is 30.9 Å². The van der Waals surface area contributed by atoms with Crippen LogP contribution in [0.2, 0.25) is 0 Å². The number of alkyl halides is 3. The number of halogens is 4. The number of carbonyl (C=O) groups excluding carboxylic acids is 1. The number of aromatic nitrogens is 4. The molecule has 2 N–H and O–H groups in total. The first kappa shape index (κ1) is 23.8. The van der Waals surface area contributed by atoms with Crippen LogP contribution in [-0.4, -0.2) is 57.0 Å². The third kappa shape index (κ3) is 5.04. The molecule has 0 radical (unpaired) electrons. The summed E-state index contributed by atoms with van der Waals surface area (Å²) in [7, 11) is 0. The van der Waals surface area contributed by atoms with E-state index in [1.54, 1.807) is 12.1 Å². The Bertz CT molecular complexity index is 1420. The molecule has 3 aromatic heterocycles. The Morgan fingerprint density at radius 2 is 1.92 bits per heavy atom. The number of imidazole rings is 1. The molecule has 36 heavy (non-hydrogen) atoms. The van der Waals surface area contributed by atoms with Gasteiger partial charge in [0, 0.05) is 31.4 Å². The van der Waals surface area contributed by atoms with Gasteiger partial charge in [-0.3, -0.25) is 9.69 Å². The van der Waals surface area contributed by atoms with Gasteiger partial charge in [0.15, 0.2) is 5.65 Å². The number of carbonyl (C=O) groups is 1. The number of ether oxygens (including phenoxy) is 1. The molecule has 12 heteroatoms. The first-order valence-electron chi connectivity index (χ1n) is 11.1. The quantitative estimate of drug-likeness (QED) is 0.398. The van der Waals surface area contributed by atoms with E-state index >= 15 is 0 Å². The number of aromatic amines is 1. The van der Waals surface area contributed by atoms with Gasteiger partial charge in [0.1, 0.15) is 23.0 Å². The molecule has 8 nitrogen and oxygen atoms in total. The molecule has 0 bridgehead atoms. The van der Waals surface area contributed by atoms with E-state index in [9.17, 15) is 22.4 Å². The smallest absolute Gasteiger partial charge is 0.379 e. The van der Waals surface area contributed by atoms with Gasteiger partial charge in [-0.15, -0.1) is 0 Å². The molecule has 1 aliphatic heterocycles. The Morgan fingerprint density at radius 1 is 1.11 bits per heavy atom. The molecule has 4 aromatic rings. The second-order valence-electron chi connectivity index (χ2n) is 8.19. The molecule has 1 amide bonds. The number of morpholine rings is 1. The van der Waals surface area contributed by atoms with Crippen molar-refractivity contribution >= 4 is 22.9 Å². The van der Waals surface area contributed by atoms with Crippen LogP contribution in [0.15, 0.2) is 48.7 Å². The van der Waals surface area contributed by atoms with Crippen molar-refractivity contribution in [2.24, 2.45) is 0 Å². The minimum atomic E-state index is -4.80. The number of nitrogens with zero attached hydrogens (tertiary/aromatic N) is 4. The molecular weight excluding hydrogens is 480 g/mol. The van der Waals surface area contributed by atoms with Gasteiger partial charge in [0.05, 0.1) is 30.0 Å². The Hall–Kier alpha value is -3.90. The van der Waals surface area contributed by atoms with Crippen molar-refractivity contribution in [3.8, 4) is 11.4 Å². The van der Waals surface area contributed by atoms with Gasteiger partial charge in [-0.25, -0.2) is 19.3 Å². The Morgan fingerprint density at radius 3 is 2.69 bits per heavy atom. The summed E-state index contributed by atoms with van der Waals surface area (Å²) in [5.41, 5.74) is -0.484. The molecule has 4 heterocycles. The molecule has 0 aliphatic carbocycles. The van der Waals surface area contributed by atoms with Gasteiger partial charge in [0.2, 0.25) is 0 Å². The van der Waals surface area contributed by atoms with E-state index in [0.29, 0.717) is 31.6 Å². The van der Waals surface area contributed by atoms with Crippen molar-refractivity contribution in [3.63, 3.8) is 0 Å². The summed E-state index contributed by atoms with van der Waals surface area (Å²) < 4.78 is 59.4. The third-order valence-corrected chi connectivity index (χ3v) is 5.71. The minimum Gasteiger partial charge on any atom is -0.379 e. The Labute approximate surface area is 202 Å². The predicted molar refractivity (Wildman–Crippen MR) is 123 cm³/mol. The van der Waals surface area contributed by atoms with E-state index in [-0.39, 0.29) is 28.1 Å². The fraction of sp³-hybridized carbons (Fsp3) is 0.250. The van der Waals surface area contributed by atoms with E-state index < -0.39 is 23.5 Å². The molecule has 0 unspecified atom stereocenters. The highest BCUT2D eigenvalue weighted by atomic mass is 19.4. The SMILES string of the molecule is O=C(Nc1cccc(CN2CCOCC2)n1)c1ccnc2[nH]c(-c3ccc(F)cc3C(F)(F)F)nc12. The number of nitrogens with one attached hydrogen (secondary N) is 2. The van der Waals surface area contributed by atoms with Crippen molar-refractivity contribution in [2.45, 2.75) is 12.7 Å². The summed E-state index contributed by atoms with van der Waals surface area (Å²) in [6, 6.07) is 8.99. The minimum absolute atomic E-state index is 0.0759. The lowest BCUT2D eigenvalue weighted by Gasteiger charge is -2.26. The summed E-state index contributed by atoms with van der Waals surface area (Å²) >= 11 is 0. The predicted octanol–water partition coefficient (Wildman–Crippen LogP) is 4.26. The summed E-state index contributed by atoms with van der Waals surface area (Å²) in [4.78, 5) is 30.7. The van der Waals surface area contributed by atoms with Crippen LogP contribution in [0.5, 0.6) is 0 Å². The number of anilines is 1. The highest BCUT2D eigenvalue weighted by molar-refractivity contribution is 6.10. The number of rotatable bonds is 5. The maximum absolute atomic E-state index is 13.5. The molecule has 1 aromatic carbocycles. The zero-order valence-corrected chi connectivity index (χ0v) is 18.8. The van der Waals surface area contributed by atoms with Crippen molar-refractivity contribution in [3.05, 3.63) is 71.3 Å². The molecule has 186 valence electrons. The van der Waals surface area contributed by atoms with E-state index in [4.69, 9.17) is 4.74 Å². The summed E-state index contributed by atoms with van der Waals surface area (Å²) in [5.74, 6) is -1.43.